The van der Waals surface area contributed by atoms with Crippen LogP contribution in [0.25, 0.3) is 0 Å². The molecule has 1 N–H and O–H groups in total. The van der Waals surface area contributed by atoms with E-state index in [0.717, 1.165) is 28.1 Å². The number of anilines is 1. The third kappa shape index (κ3) is 5.63. The number of methoxy groups -OCH3 is 1. The lowest BCUT2D eigenvalue weighted by atomic mass is 10.1. The molecule has 0 aliphatic carbocycles. The minimum Gasteiger partial charge on any atom is -0.495 e. The molecule has 3 aromatic carbocycles. The summed E-state index contributed by atoms with van der Waals surface area (Å²) in [6, 6.07) is 21.6. The van der Waals surface area contributed by atoms with Crippen molar-refractivity contribution in [3.63, 3.8) is 0 Å². The second kappa shape index (κ2) is 9.97. The minimum absolute atomic E-state index is 0.480. The first-order valence-corrected chi connectivity index (χ1v) is 10.3. The number of aryl methyl sites for hydroxylation is 1. The highest BCUT2D eigenvalue weighted by molar-refractivity contribution is 7.80. The molecule has 3 rings (SSSR count). The second-order valence-electron chi connectivity index (χ2n) is 6.68. The molecule has 0 saturated heterocycles. The quantitative estimate of drug-likeness (QED) is 0.426. The highest BCUT2D eigenvalue weighted by Gasteiger charge is 2.17. The number of hydrogen-bond acceptors (Lipinski definition) is 2. The molecule has 0 amide bonds. The first-order chi connectivity index (χ1) is 14.0. The topological polar surface area (TPSA) is 24.5 Å². The molecule has 0 saturated carbocycles. The fraction of sp³-hybridized carbons (Fsp3) is 0.174. The molecule has 0 heterocycles. The summed E-state index contributed by atoms with van der Waals surface area (Å²) in [4.78, 5) is 2.04. The number of halogens is 2. The summed E-state index contributed by atoms with van der Waals surface area (Å²) in [6.07, 6.45) is 0. The Labute approximate surface area is 187 Å². The highest BCUT2D eigenvalue weighted by atomic mass is 35.5. The van der Waals surface area contributed by atoms with E-state index < -0.39 is 0 Å². The monoisotopic (exact) mass is 444 g/mol. The van der Waals surface area contributed by atoms with Crippen LogP contribution in [0.4, 0.5) is 5.69 Å². The molecule has 0 bridgehead atoms. The summed E-state index contributed by atoms with van der Waals surface area (Å²) >= 11 is 18.6. The van der Waals surface area contributed by atoms with E-state index in [0.29, 0.717) is 28.2 Å². The number of ether oxygens (including phenoxy) is 1. The van der Waals surface area contributed by atoms with E-state index in [2.05, 4.69) is 17.4 Å². The van der Waals surface area contributed by atoms with Crippen LogP contribution in [0.5, 0.6) is 5.75 Å². The lowest BCUT2D eigenvalue weighted by molar-refractivity contribution is 0.409. The first-order valence-electron chi connectivity index (χ1n) is 9.15. The number of nitrogens with one attached hydrogen (secondary N) is 1. The number of hydrogen-bond donors (Lipinski definition) is 1. The molecule has 0 unspecified atom stereocenters. The van der Waals surface area contributed by atoms with E-state index in [-0.39, 0.29) is 0 Å². The van der Waals surface area contributed by atoms with Gasteiger partial charge in [0.15, 0.2) is 5.11 Å². The zero-order chi connectivity index (χ0) is 20.8. The van der Waals surface area contributed by atoms with Crippen LogP contribution < -0.4 is 10.1 Å². The van der Waals surface area contributed by atoms with Gasteiger partial charge >= 0.3 is 0 Å². The fourth-order valence-corrected chi connectivity index (χ4v) is 3.75. The van der Waals surface area contributed by atoms with Crippen LogP contribution >= 0.6 is 35.4 Å². The number of rotatable bonds is 6. The third-order valence-electron chi connectivity index (χ3n) is 4.51. The summed E-state index contributed by atoms with van der Waals surface area (Å²) in [5.41, 5.74) is 3.91. The van der Waals surface area contributed by atoms with Crippen LogP contribution in [0.2, 0.25) is 10.0 Å². The summed E-state index contributed by atoms with van der Waals surface area (Å²) in [7, 11) is 1.64. The Kier molecular flexibility index (Phi) is 7.37. The van der Waals surface area contributed by atoms with Crippen molar-refractivity contribution in [1.29, 1.82) is 0 Å². The maximum absolute atomic E-state index is 6.42. The van der Waals surface area contributed by atoms with Gasteiger partial charge in [0, 0.05) is 28.7 Å². The zero-order valence-corrected chi connectivity index (χ0v) is 18.6. The lowest BCUT2D eigenvalue weighted by Gasteiger charge is -2.27. The van der Waals surface area contributed by atoms with E-state index >= 15 is 0 Å². The van der Waals surface area contributed by atoms with Gasteiger partial charge in [0.25, 0.3) is 0 Å². The molecule has 0 spiro atoms. The van der Waals surface area contributed by atoms with E-state index in [1.54, 1.807) is 7.11 Å². The van der Waals surface area contributed by atoms with Gasteiger partial charge in [-0.2, -0.15) is 0 Å². The SMILES string of the molecule is COc1ccc(C)cc1NC(=S)N(Cc1ccccc1)Cc1c(Cl)cccc1Cl. The number of benzene rings is 3. The molecule has 0 atom stereocenters. The number of thiocarbonyl (C=S) groups is 1. The maximum Gasteiger partial charge on any atom is 0.174 e. The van der Waals surface area contributed by atoms with Gasteiger partial charge in [0.2, 0.25) is 0 Å². The van der Waals surface area contributed by atoms with Crippen LogP contribution in [0, 0.1) is 6.92 Å². The zero-order valence-electron chi connectivity index (χ0n) is 16.3. The van der Waals surface area contributed by atoms with Gasteiger partial charge in [-0.3, -0.25) is 0 Å². The van der Waals surface area contributed by atoms with E-state index in [1.165, 1.54) is 0 Å². The predicted molar refractivity (Wildman–Crippen MR) is 126 cm³/mol. The maximum atomic E-state index is 6.42. The molecule has 3 nitrogen and oxygen atoms in total. The molecular weight excluding hydrogens is 423 g/mol. The van der Waals surface area contributed by atoms with Gasteiger partial charge in [-0.1, -0.05) is 65.7 Å². The fourth-order valence-electron chi connectivity index (χ4n) is 2.99. The molecule has 150 valence electrons. The van der Waals surface area contributed by atoms with Crippen molar-refractivity contribution >= 4 is 46.2 Å². The summed E-state index contributed by atoms with van der Waals surface area (Å²) < 4.78 is 5.47. The Morgan fingerprint density at radius 2 is 1.66 bits per heavy atom. The molecule has 6 heteroatoms. The molecular formula is C23H22Cl2N2OS. The Morgan fingerprint density at radius 3 is 2.31 bits per heavy atom. The van der Waals surface area contributed by atoms with Gasteiger partial charge in [-0.15, -0.1) is 0 Å². The van der Waals surface area contributed by atoms with Crippen molar-refractivity contribution in [1.82, 2.24) is 4.90 Å². The summed E-state index contributed by atoms with van der Waals surface area (Å²) in [6.45, 7) is 3.12. The van der Waals surface area contributed by atoms with Gasteiger partial charge in [0.1, 0.15) is 5.75 Å². The molecule has 3 aromatic rings. The highest BCUT2D eigenvalue weighted by Crippen LogP contribution is 2.28. The third-order valence-corrected chi connectivity index (χ3v) is 5.58. The molecule has 29 heavy (non-hydrogen) atoms. The van der Waals surface area contributed by atoms with Gasteiger partial charge in [0.05, 0.1) is 12.8 Å². The normalized spacial score (nSPS) is 10.5. The Balaban J connectivity index is 1.90. The van der Waals surface area contributed by atoms with Crippen molar-refractivity contribution in [3.05, 3.63) is 93.5 Å². The van der Waals surface area contributed by atoms with Crippen LogP contribution in [0.1, 0.15) is 16.7 Å². The summed E-state index contributed by atoms with van der Waals surface area (Å²) in [5.74, 6) is 0.730. The molecule has 0 fully saturated rings. The Morgan fingerprint density at radius 1 is 0.966 bits per heavy atom. The average molecular weight is 445 g/mol. The Bertz CT molecular complexity index is 975. The van der Waals surface area contributed by atoms with E-state index in [1.807, 2.05) is 66.4 Å². The Hall–Kier alpha value is -2.27. The largest absolute Gasteiger partial charge is 0.495 e. The molecule has 0 aromatic heterocycles. The van der Waals surface area contributed by atoms with Crippen molar-refractivity contribution in [2.45, 2.75) is 20.0 Å². The summed E-state index contributed by atoms with van der Waals surface area (Å²) in [5, 5.41) is 5.13. The van der Waals surface area contributed by atoms with E-state index in [4.69, 9.17) is 40.2 Å². The number of nitrogens with zero attached hydrogens (tertiary/aromatic N) is 1. The van der Waals surface area contributed by atoms with Crippen LogP contribution in [-0.4, -0.2) is 17.1 Å². The minimum atomic E-state index is 0.480. The van der Waals surface area contributed by atoms with Crippen LogP contribution in [0.3, 0.4) is 0 Å². The first kappa shape index (κ1) is 21.4. The second-order valence-corrected chi connectivity index (χ2v) is 7.88. The molecule has 0 aliphatic heterocycles. The van der Waals surface area contributed by atoms with Crippen molar-refractivity contribution in [2.75, 3.05) is 12.4 Å². The smallest absolute Gasteiger partial charge is 0.174 e. The van der Waals surface area contributed by atoms with Crippen molar-refractivity contribution in [2.24, 2.45) is 0 Å². The van der Waals surface area contributed by atoms with Gasteiger partial charge in [-0.25, -0.2) is 0 Å². The van der Waals surface area contributed by atoms with Crippen molar-refractivity contribution < 1.29 is 4.74 Å². The molecule has 0 aliphatic rings. The lowest BCUT2D eigenvalue weighted by Crippen LogP contribution is -2.34. The van der Waals surface area contributed by atoms with Gasteiger partial charge < -0.3 is 15.0 Å². The van der Waals surface area contributed by atoms with Crippen molar-refractivity contribution in [3.8, 4) is 5.75 Å². The average Bonchev–Trinajstić information content (AvgIpc) is 2.71. The van der Waals surface area contributed by atoms with Gasteiger partial charge in [-0.05, 0) is 54.5 Å². The standard InChI is InChI=1S/C23H22Cl2N2OS/c1-16-11-12-22(28-2)21(13-16)26-23(29)27(14-17-7-4-3-5-8-17)15-18-19(24)9-6-10-20(18)25/h3-13H,14-15H2,1-2H3,(H,26,29). The van der Waals surface area contributed by atoms with Crippen LogP contribution in [0.15, 0.2) is 66.7 Å². The molecule has 0 radical (unpaired) electrons. The predicted octanol–water partition coefficient (Wildman–Crippen LogP) is 6.71. The van der Waals surface area contributed by atoms with Crippen LogP contribution in [-0.2, 0) is 13.1 Å². The van der Waals surface area contributed by atoms with E-state index in [9.17, 15) is 0 Å².